The molecule has 1 spiro atoms. The van der Waals surface area contributed by atoms with Crippen LogP contribution in [0.4, 0.5) is 37.7 Å². The normalized spacial score (nSPS) is 21.3. The van der Waals surface area contributed by atoms with Gasteiger partial charge in [-0.1, -0.05) is 24.0 Å². The van der Waals surface area contributed by atoms with Crippen molar-refractivity contribution >= 4 is 42.6 Å². The van der Waals surface area contributed by atoms with Gasteiger partial charge in [-0.25, -0.2) is 8.42 Å². The van der Waals surface area contributed by atoms with Gasteiger partial charge in [0, 0.05) is 56.1 Å². The number of thiophene rings is 1. The Morgan fingerprint density at radius 3 is 2.38 bits per heavy atom. The maximum atomic E-state index is 13.8. The van der Waals surface area contributed by atoms with Crippen LogP contribution >= 0.6 is 11.3 Å². The summed E-state index contributed by atoms with van der Waals surface area (Å²) in [5.74, 6) is 5.28. The second-order valence-electron chi connectivity index (χ2n) is 13.5. The number of rotatable bonds is 9. The Kier molecular flexibility index (Phi) is 10.6. The summed E-state index contributed by atoms with van der Waals surface area (Å²) in [4.78, 5) is 2.62. The number of ether oxygens (including phenoxy) is 2. The number of benzene rings is 2. The van der Waals surface area contributed by atoms with E-state index >= 15 is 0 Å². The zero-order valence-corrected chi connectivity index (χ0v) is 29.1. The fourth-order valence-electron chi connectivity index (χ4n) is 7.18. The molecule has 3 fully saturated rings. The van der Waals surface area contributed by atoms with Gasteiger partial charge in [0.2, 0.25) is 0 Å². The van der Waals surface area contributed by atoms with Gasteiger partial charge < -0.3 is 20.1 Å². The van der Waals surface area contributed by atoms with Crippen molar-refractivity contribution in [1.82, 2.24) is 4.90 Å². The molecule has 6 rings (SSSR count). The van der Waals surface area contributed by atoms with Crippen molar-refractivity contribution < 1.29 is 44.2 Å². The fraction of sp³-hybridized carbons (Fsp3) is 0.543. The van der Waals surface area contributed by atoms with Crippen LogP contribution < -0.4 is 15.4 Å². The lowest BCUT2D eigenvalue weighted by atomic mass is 9.71. The van der Waals surface area contributed by atoms with Crippen molar-refractivity contribution in [2.24, 2.45) is 5.41 Å². The van der Waals surface area contributed by atoms with Crippen molar-refractivity contribution in [2.75, 3.05) is 56.3 Å². The molecule has 1 aromatic heterocycles. The monoisotopic (exact) mass is 743 g/mol. The Bertz CT molecular complexity index is 1840. The Morgan fingerprint density at radius 2 is 1.72 bits per heavy atom. The molecule has 7 nitrogen and oxygen atoms in total. The zero-order chi connectivity index (χ0) is 35.7. The summed E-state index contributed by atoms with van der Waals surface area (Å²) in [6.45, 7) is 2.18. The van der Waals surface area contributed by atoms with E-state index in [0.29, 0.717) is 21.5 Å². The SMILES string of the molecule is CS(=O)(=O)c1ccc(NCC#Cc2sc3c(NC4CCC(N5CC6(CCOCC6)C5)CC4)cccc3c2CC(F)(F)F)c(OCC(F)(F)F)c1. The molecule has 3 heterocycles. The molecule has 1 saturated carbocycles. The van der Waals surface area contributed by atoms with Crippen LogP contribution in [0.3, 0.4) is 0 Å². The highest BCUT2D eigenvalue weighted by Crippen LogP contribution is 2.44. The molecule has 2 aliphatic heterocycles. The number of anilines is 2. The molecule has 0 bridgehead atoms. The summed E-state index contributed by atoms with van der Waals surface area (Å²) in [5, 5.41) is 6.89. The van der Waals surface area contributed by atoms with Crippen LogP contribution in [0.2, 0.25) is 0 Å². The molecular weight excluding hydrogens is 705 g/mol. The van der Waals surface area contributed by atoms with Gasteiger partial charge in [-0.3, -0.25) is 4.90 Å². The van der Waals surface area contributed by atoms with Crippen LogP contribution in [0.5, 0.6) is 5.75 Å². The summed E-state index contributed by atoms with van der Waals surface area (Å²) in [7, 11) is -3.73. The van der Waals surface area contributed by atoms with E-state index < -0.39 is 35.2 Å². The lowest BCUT2D eigenvalue weighted by Crippen LogP contribution is -2.62. The standard InChI is InChI=1S/C35H39F6N3O4S2/c1-50(45,46)25-11-12-28(30(18-25)48-22-35(39,40)41)42-15-3-6-31-27(19-34(36,37)38)26-4-2-5-29(32(26)49-31)43-23-7-9-24(10-8-23)44-20-33(21-44)13-16-47-17-14-33/h2,4-5,11-12,18,23-24,42-43H,7-10,13-17,19-22H2,1H3. The number of hydrogen-bond acceptors (Lipinski definition) is 8. The molecule has 0 atom stereocenters. The maximum Gasteiger partial charge on any atom is 0.422 e. The van der Waals surface area contributed by atoms with E-state index in [2.05, 4.69) is 27.4 Å². The minimum absolute atomic E-state index is 0.0567. The highest BCUT2D eigenvalue weighted by Gasteiger charge is 2.46. The summed E-state index contributed by atoms with van der Waals surface area (Å²) in [6, 6.07) is 9.51. The fourth-order valence-corrected chi connectivity index (χ4v) is 8.99. The number of hydrogen-bond donors (Lipinski definition) is 2. The summed E-state index contributed by atoms with van der Waals surface area (Å²) < 4.78 is 115. The smallest absolute Gasteiger partial charge is 0.422 e. The second kappa shape index (κ2) is 14.4. The van der Waals surface area contributed by atoms with Gasteiger partial charge >= 0.3 is 12.4 Å². The van der Waals surface area contributed by atoms with Gasteiger partial charge in [-0.15, -0.1) is 11.3 Å². The van der Waals surface area contributed by atoms with Crippen LogP contribution in [0.25, 0.3) is 10.1 Å². The van der Waals surface area contributed by atoms with Crippen molar-refractivity contribution in [3.05, 3.63) is 46.8 Å². The Balaban J connectivity index is 1.15. The average molecular weight is 744 g/mol. The molecule has 0 amide bonds. The van der Waals surface area contributed by atoms with Gasteiger partial charge in [0.1, 0.15) is 5.75 Å². The molecule has 15 heteroatoms. The first-order valence-electron chi connectivity index (χ1n) is 16.5. The summed E-state index contributed by atoms with van der Waals surface area (Å²) >= 11 is 1.18. The number of nitrogens with one attached hydrogen (secondary N) is 2. The number of halogens is 6. The van der Waals surface area contributed by atoms with Gasteiger partial charge in [-0.05, 0) is 67.7 Å². The molecule has 3 aromatic rings. The summed E-state index contributed by atoms with van der Waals surface area (Å²) in [5.41, 5.74) is 1.32. The number of fused-ring (bicyclic) bond motifs is 1. The predicted molar refractivity (Wildman–Crippen MR) is 182 cm³/mol. The first kappa shape index (κ1) is 36.6. The van der Waals surface area contributed by atoms with E-state index in [1.54, 1.807) is 12.1 Å². The third-order valence-corrected chi connectivity index (χ3v) is 12.0. The number of likely N-dealkylation sites (tertiary alicyclic amines) is 1. The van der Waals surface area contributed by atoms with E-state index in [-0.39, 0.29) is 39.4 Å². The topological polar surface area (TPSA) is 79.9 Å². The first-order valence-corrected chi connectivity index (χ1v) is 19.2. The quantitative estimate of drug-likeness (QED) is 0.172. The first-order chi connectivity index (χ1) is 23.6. The molecule has 3 aliphatic rings. The van der Waals surface area contributed by atoms with Crippen LogP contribution in [-0.2, 0) is 21.0 Å². The summed E-state index contributed by atoms with van der Waals surface area (Å²) in [6.07, 6.45) is -3.06. The molecule has 0 radical (unpaired) electrons. The molecule has 1 aliphatic carbocycles. The van der Waals surface area contributed by atoms with E-state index in [1.807, 2.05) is 6.07 Å². The molecule has 50 heavy (non-hydrogen) atoms. The van der Waals surface area contributed by atoms with Crippen LogP contribution in [0.15, 0.2) is 41.3 Å². The highest BCUT2D eigenvalue weighted by atomic mass is 32.2. The minimum atomic E-state index is -4.66. The minimum Gasteiger partial charge on any atom is -0.482 e. The van der Waals surface area contributed by atoms with Crippen molar-refractivity contribution in [3.63, 3.8) is 0 Å². The second-order valence-corrected chi connectivity index (χ2v) is 16.6. The van der Waals surface area contributed by atoms with Crippen molar-refractivity contribution in [1.29, 1.82) is 0 Å². The molecular formula is C35H39F6N3O4S2. The van der Waals surface area contributed by atoms with Crippen molar-refractivity contribution in [3.8, 4) is 17.6 Å². The predicted octanol–water partition coefficient (Wildman–Crippen LogP) is 7.65. The number of nitrogens with zero attached hydrogens (tertiary/aromatic N) is 1. The largest absolute Gasteiger partial charge is 0.482 e. The van der Waals surface area contributed by atoms with Gasteiger partial charge in [0.15, 0.2) is 16.4 Å². The Morgan fingerprint density at radius 1 is 1.00 bits per heavy atom. The molecule has 272 valence electrons. The molecule has 2 saturated heterocycles. The maximum absolute atomic E-state index is 13.8. The van der Waals surface area contributed by atoms with E-state index in [1.165, 1.54) is 23.5 Å². The zero-order valence-electron chi connectivity index (χ0n) is 27.5. The Hall–Kier alpha value is -3.19. The Labute approximate surface area is 291 Å². The van der Waals surface area contributed by atoms with Gasteiger partial charge in [-0.2, -0.15) is 26.3 Å². The third-order valence-electron chi connectivity index (χ3n) is 9.74. The van der Waals surface area contributed by atoms with Crippen molar-refractivity contribution in [2.45, 2.75) is 74.3 Å². The number of alkyl halides is 6. The average Bonchev–Trinajstić information content (AvgIpc) is 3.37. The third kappa shape index (κ3) is 8.99. The van der Waals surface area contributed by atoms with Gasteiger partial charge in [0.05, 0.1) is 38.8 Å². The van der Waals surface area contributed by atoms with E-state index in [4.69, 9.17) is 9.47 Å². The van der Waals surface area contributed by atoms with Gasteiger partial charge in [0.25, 0.3) is 0 Å². The number of sulfone groups is 1. The van der Waals surface area contributed by atoms with Crippen LogP contribution in [0, 0.1) is 17.3 Å². The highest BCUT2D eigenvalue weighted by molar-refractivity contribution is 7.90. The van der Waals surface area contributed by atoms with Crippen LogP contribution in [0.1, 0.15) is 49.0 Å². The van der Waals surface area contributed by atoms with E-state index in [9.17, 15) is 34.8 Å². The molecule has 2 aromatic carbocycles. The molecule has 0 unspecified atom stereocenters. The molecule has 2 N–H and O–H groups in total. The lowest BCUT2D eigenvalue weighted by molar-refractivity contribution is -0.153. The van der Waals surface area contributed by atoms with Crippen LogP contribution in [-0.4, -0.2) is 83.5 Å². The lowest BCUT2D eigenvalue weighted by Gasteiger charge is -2.56. The van der Waals surface area contributed by atoms with E-state index in [0.717, 1.165) is 82.8 Å².